The van der Waals surface area contributed by atoms with Crippen molar-refractivity contribution >= 4 is 0 Å². The molecule has 0 fully saturated rings. The van der Waals surface area contributed by atoms with Crippen molar-refractivity contribution in [3.05, 3.63) is 0 Å². The Balaban J connectivity index is 2.88. The van der Waals surface area contributed by atoms with E-state index in [2.05, 4.69) is 13.8 Å². The average Bonchev–Trinajstić information content (AvgIpc) is 1.89. The Hall–Kier alpha value is -0.0400. The van der Waals surface area contributed by atoms with Crippen LogP contribution in [0.3, 0.4) is 0 Å². The Morgan fingerprint density at radius 2 is 2.00 bits per heavy atom. The molecule has 0 spiro atoms. The molecule has 0 saturated carbocycles. The van der Waals surface area contributed by atoms with Gasteiger partial charge in [0.1, 0.15) is 0 Å². The van der Waals surface area contributed by atoms with Crippen LogP contribution in [0.25, 0.3) is 0 Å². The van der Waals surface area contributed by atoms with Gasteiger partial charge in [0.2, 0.25) is 0 Å². The van der Waals surface area contributed by atoms with Crippen LogP contribution < -0.4 is 0 Å². The van der Waals surface area contributed by atoms with Crippen LogP contribution in [0.1, 0.15) is 39.5 Å². The maximum atomic E-state index is 8.45. The fraction of sp³-hybridized carbons (Fsp3) is 1.00. The van der Waals surface area contributed by atoms with Gasteiger partial charge in [-0.25, -0.2) is 0 Å². The maximum absolute atomic E-state index is 8.45. The summed E-state index contributed by atoms with van der Waals surface area (Å²) in [6.45, 7) is 4.83. The van der Waals surface area contributed by atoms with Crippen molar-refractivity contribution in [3.8, 4) is 0 Å². The summed E-state index contributed by atoms with van der Waals surface area (Å²) in [6.07, 6.45) is 4.71. The van der Waals surface area contributed by atoms with Crippen molar-refractivity contribution in [2.24, 2.45) is 5.92 Å². The number of hydrogen-bond donors (Lipinski definition) is 1. The largest absolute Gasteiger partial charge is 0.396 e. The second-order valence-corrected chi connectivity index (χ2v) is 2.73. The molecule has 0 aromatic rings. The lowest BCUT2D eigenvalue weighted by atomic mass is 10.0. The van der Waals surface area contributed by atoms with E-state index >= 15 is 0 Å². The Morgan fingerprint density at radius 3 is 2.44 bits per heavy atom. The number of aliphatic hydroxyl groups is 1. The van der Waals surface area contributed by atoms with E-state index in [0.717, 1.165) is 12.3 Å². The lowest BCUT2D eigenvalue weighted by Gasteiger charge is -2.05. The van der Waals surface area contributed by atoms with Crippen LogP contribution >= 0.6 is 0 Å². The monoisotopic (exact) mass is 130 g/mol. The van der Waals surface area contributed by atoms with Gasteiger partial charge in [0, 0.05) is 6.61 Å². The van der Waals surface area contributed by atoms with Gasteiger partial charge in [-0.3, -0.25) is 0 Å². The van der Waals surface area contributed by atoms with Crippen LogP contribution in [-0.2, 0) is 0 Å². The minimum absolute atomic E-state index is 0.358. The summed E-state index contributed by atoms with van der Waals surface area (Å²) in [4.78, 5) is 0. The minimum atomic E-state index is 0.358. The van der Waals surface area contributed by atoms with Gasteiger partial charge in [-0.2, -0.15) is 0 Å². The molecule has 0 aliphatic carbocycles. The van der Waals surface area contributed by atoms with Crippen LogP contribution in [0.15, 0.2) is 0 Å². The second-order valence-electron chi connectivity index (χ2n) is 2.73. The highest BCUT2D eigenvalue weighted by atomic mass is 16.2. The van der Waals surface area contributed by atoms with Crippen LogP contribution in [-0.4, -0.2) is 11.7 Å². The van der Waals surface area contributed by atoms with E-state index in [1.165, 1.54) is 19.3 Å². The normalized spacial score (nSPS) is 13.7. The topological polar surface area (TPSA) is 20.2 Å². The summed E-state index contributed by atoms with van der Waals surface area (Å²) < 4.78 is 0. The zero-order chi connectivity index (χ0) is 7.11. The van der Waals surface area contributed by atoms with Crippen LogP contribution in [0.4, 0.5) is 0 Å². The molecular weight excluding hydrogens is 112 g/mol. The highest BCUT2D eigenvalue weighted by Gasteiger charge is 1.96. The Labute approximate surface area is 58.1 Å². The Morgan fingerprint density at radius 1 is 1.33 bits per heavy atom. The molecule has 0 aliphatic rings. The highest BCUT2D eigenvalue weighted by Crippen LogP contribution is 2.09. The summed E-state index contributed by atoms with van der Waals surface area (Å²) in [5, 5.41) is 8.45. The first-order chi connectivity index (χ1) is 4.31. The first-order valence-corrected chi connectivity index (χ1v) is 3.92. The van der Waals surface area contributed by atoms with E-state index < -0.39 is 0 Å². The van der Waals surface area contributed by atoms with Crippen molar-refractivity contribution in [1.82, 2.24) is 0 Å². The van der Waals surface area contributed by atoms with E-state index in [1.807, 2.05) is 0 Å². The molecule has 0 aromatic heterocycles. The molecule has 0 aliphatic heterocycles. The van der Waals surface area contributed by atoms with Crippen molar-refractivity contribution in [2.45, 2.75) is 39.5 Å². The second kappa shape index (κ2) is 6.09. The highest BCUT2D eigenvalue weighted by molar-refractivity contribution is 4.49. The van der Waals surface area contributed by atoms with E-state index in [4.69, 9.17) is 5.11 Å². The van der Waals surface area contributed by atoms with Gasteiger partial charge in [-0.1, -0.05) is 33.1 Å². The first kappa shape index (κ1) is 8.96. The molecule has 9 heavy (non-hydrogen) atoms. The molecule has 0 aromatic carbocycles. The fourth-order valence-corrected chi connectivity index (χ4v) is 0.809. The first-order valence-electron chi connectivity index (χ1n) is 3.92. The molecule has 56 valence electrons. The van der Waals surface area contributed by atoms with Gasteiger partial charge < -0.3 is 5.11 Å². The molecule has 0 heterocycles. The summed E-state index contributed by atoms with van der Waals surface area (Å²) >= 11 is 0. The molecule has 0 rings (SSSR count). The zero-order valence-electron chi connectivity index (χ0n) is 6.56. The molecule has 0 bridgehead atoms. The van der Waals surface area contributed by atoms with E-state index in [-0.39, 0.29) is 0 Å². The number of rotatable bonds is 5. The van der Waals surface area contributed by atoms with Crippen LogP contribution in [0.5, 0.6) is 0 Å². The van der Waals surface area contributed by atoms with Gasteiger partial charge in [0.05, 0.1) is 0 Å². The Kier molecular flexibility index (Phi) is 6.06. The fourth-order valence-electron chi connectivity index (χ4n) is 0.809. The summed E-state index contributed by atoms with van der Waals surface area (Å²) in [5.74, 6) is 0.844. The van der Waals surface area contributed by atoms with Gasteiger partial charge in [-0.05, 0) is 12.3 Å². The third-order valence-corrected chi connectivity index (χ3v) is 1.80. The van der Waals surface area contributed by atoms with Gasteiger partial charge >= 0.3 is 0 Å². The SMILES string of the molecule is CCC(C)CCCCO. The quantitative estimate of drug-likeness (QED) is 0.566. The van der Waals surface area contributed by atoms with Crippen LogP contribution in [0.2, 0.25) is 0 Å². The van der Waals surface area contributed by atoms with Gasteiger partial charge in [0.25, 0.3) is 0 Å². The van der Waals surface area contributed by atoms with E-state index in [1.54, 1.807) is 0 Å². The molecule has 1 atom stereocenters. The summed E-state index contributed by atoms with van der Waals surface area (Å²) in [5.41, 5.74) is 0. The predicted octanol–water partition coefficient (Wildman–Crippen LogP) is 2.20. The predicted molar refractivity (Wildman–Crippen MR) is 40.4 cm³/mol. The molecule has 0 saturated heterocycles. The molecule has 1 unspecified atom stereocenters. The van der Waals surface area contributed by atoms with Crippen molar-refractivity contribution in [2.75, 3.05) is 6.61 Å². The van der Waals surface area contributed by atoms with E-state index in [9.17, 15) is 0 Å². The molecule has 1 nitrogen and oxygen atoms in total. The van der Waals surface area contributed by atoms with E-state index in [0.29, 0.717) is 6.61 Å². The smallest absolute Gasteiger partial charge is 0.0431 e. The maximum Gasteiger partial charge on any atom is 0.0431 e. The van der Waals surface area contributed by atoms with Gasteiger partial charge in [-0.15, -0.1) is 0 Å². The van der Waals surface area contributed by atoms with Crippen molar-refractivity contribution < 1.29 is 5.11 Å². The third kappa shape index (κ3) is 5.84. The lowest BCUT2D eigenvalue weighted by Crippen LogP contribution is -1.92. The van der Waals surface area contributed by atoms with Crippen molar-refractivity contribution in [1.29, 1.82) is 0 Å². The number of aliphatic hydroxyl groups excluding tert-OH is 1. The minimum Gasteiger partial charge on any atom is -0.396 e. The van der Waals surface area contributed by atoms with Gasteiger partial charge in [0.15, 0.2) is 0 Å². The third-order valence-electron chi connectivity index (χ3n) is 1.80. The molecule has 1 N–H and O–H groups in total. The molecule has 0 amide bonds. The molecule has 0 radical (unpaired) electrons. The summed E-state index contributed by atoms with van der Waals surface area (Å²) in [6, 6.07) is 0. The number of unbranched alkanes of at least 4 members (excludes halogenated alkanes) is 1. The van der Waals surface area contributed by atoms with Crippen molar-refractivity contribution in [3.63, 3.8) is 0 Å². The number of hydrogen-bond acceptors (Lipinski definition) is 1. The zero-order valence-corrected chi connectivity index (χ0v) is 6.56. The molecule has 1 heteroatoms. The summed E-state index contributed by atoms with van der Waals surface area (Å²) in [7, 11) is 0. The average molecular weight is 130 g/mol. The lowest BCUT2D eigenvalue weighted by molar-refractivity contribution is 0.278. The Bertz CT molecular complexity index is 52.5. The standard InChI is InChI=1S/C8H18O/c1-3-8(2)6-4-5-7-9/h8-9H,3-7H2,1-2H3. The van der Waals surface area contributed by atoms with Crippen LogP contribution in [0, 0.1) is 5.92 Å². The molecular formula is C8H18O.